The summed E-state index contributed by atoms with van der Waals surface area (Å²) in [7, 11) is 0. The molecule has 1 N–H and O–H groups in total. The van der Waals surface area contributed by atoms with Gasteiger partial charge >= 0.3 is 0 Å². The maximum Gasteiger partial charge on any atom is 0.262 e. The van der Waals surface area contributed by atoms with Crippen LogP contribution in [0.5, 0.6) is 5.75 Å². The van der Waals surface area contributed by atoms with Gasteiger partial charge in [-0.2, -0.15) is 5.10 Å². The second-order valence-electron chi connectivity index (χ2n) is 4.76. The normalized spacial score (nSPS) is 10.7. The molecule has 1 aromatic carbocycles. The number of rotatable bonds is 4. The van der Waals surface area contributed by atoms with Gasteiger partial charge in [0, 0.05) is 12.3 Å². The Labute approximate surface area is 129 Å². The molecule has 0 aliphatic carbocycles. The number of amides is 1. The minimum atomic E-state index is -1.04. The standard InChI is InChI=1S/C15H12F2N4O2/c1-9-18-15-13(3-2-6-21(15)20-9)19-14(22)8-23-10-4-5-11(16)12(17)7-10/h2-7H,8H2,1H3,(H,19,22). The van der Waals surface area contributed by atoms with Gasteiger partial charge in [0.1, 0.15) is 11.6 Å². The van der Waals surface area contributed by atoms with Gasteiger partial charge in [-0.15, -0.1) is 0 Å². The SMILES string of the molecule is Cc1nc2c(NC(=O)COc3ccc(F)c(F)c3)cccn2n1. The Morgan fingerprint density at radius 1 is 1.30 bits per heavy atom. The highest BCUT2D eigenvalue weighted by atomic mass is 19.2. The van der Waals surface area contributed by atoms with Crippen molar-refractivity contribution in [1.82, 2.24) is 14.6 Å². The molecule has 0 aliphatic rings. The van der Waals surface area contributed by atoms with E-state index in [2.05, 4.69) is 15.4 Å². The van der Waals surface area contributed by atoms with Crippen LogP contribution in [-0.4, -0.2) is 27.1 Å². The molecule has 0 aliphatic heterocycles. The van der Waals surface area contributed by atoms with Gasteiger partial charge in [-0.3, -0.25) is 4.79 Å². The number of hydrogen-bond acceptors (Lipinski definition) is 4. The molecule has 3 aromatic rings. The summed E-state index contributed by atoms with van der Waals surface area (Å²) in [6.45, 7) is 1.39. The smallest absolute Gasteiger partial charge is 0.262 e. The van der Waals surface area contributed by atoms with Crippen LogP contribution in [0.2, 0.25) is 0 Å². The topological polar surface area (TPSA) is 68.5 Å². The van der Waals surface area contributed by atoms with Gasteiger partial charge < -0.3 is 10.1 Å². The molecule has 0 spiro atoms. The summed E-state index contributed by atoms with van der Waals surface area (Å²) in [5.41, 5.74) is 0.984. The Morgan fingerprint density at radius 3 is 2.91 bits per heavy atom. The third kappa shape index (κ3) is 3.25. The predicted octanol–water partition coefficient (Wildman–Crippen LogP) is 2.33. The Hall–Kier alpha value is -3.03. The maximum absolute atomic E-state index is 13.1. The van der Waals surface area contributed by atoms with Crippen LogP contribution in [-0.2, 0) is 4.79 Å². The fourth-order valence-corrected chi connectivity index (χ4v) is 2.01. The zero-order valence-electron chi connectivity index (χ0n) is 12.1. The van der Waals surface area contributed by atoms with Crippen molar-refractivity contribution in [2.75, 3.05) is 11.9 Å². The van der Waals surface area contributed by atoms with E-state index in [4.69, 9.17) is 4.74 Å². The lowest BCUT2D eigenvalue weighted by molar-refractivity contribution is -0.118. The van der Waals surface area contributed by atoms with Crippen molar-refractivity contribution < 1.29 is 18.3 Å². The molecule has 0 bridgehead atoms. The molecular weight excluding hydrogens is 306 g/mol. The van der Waals surface area contributed by atoms with Gasteiger partial charge in [0.05, 0.1) is 5.69 Å². The maximum atomic E-state index is 13.1. The number of carbonyl (C=O) groups is 1. The minimum absolute atomic E-state index is 0.0654. The van der Waals surface area contributed by atoms with Gasteiger partial charge in [-0.1, -0.05) is 0 Å². The molecule has 0 saturated carbocycles. The van der Waals surface area contributed by atoms with Gasteiger partial charge in [0.25, 0.3) is 5.91 Å². The molecule has 3 rings (SSSR count). The van der Waals surface area contributed by atoms with E-state index in [1.165, 1.54) is 6.07 Å². The molecule has 118 valence electrons. The fraction of sp³-hybridized carbons (Fsp3) is 0.133. The number of aromatic nitrogens is 3. The summed E-state index contributed by atoms with van der Waals surface area (Å²) >= 11 is 0. The Bertz CT molecular complexity index is 879. The fourth-order valence-electron chi connectivity index (χ4n) is 2.01. The van der Waals surface area contributed by atoms with E-state index in [1.54, 1.807) is 29.8 Å². The molecule has 0 radical (unpaired) electrons. The number of fused-ring (bicyclic) bond motifs is 1. The molecule has 0 fully saturated rings. The Morgan fingerprint density at radius 2 is 2.13 bits per heavy atom. The van der Waals surface area contributed by atoms with Crippen LogP contribution in [0, 0.1) is 18.6 Å². The van der Waals surface area contributed by atoms with Gasteiger partial charge in [0.2, 0.25) is 0 Å². The molecule has 2 heterocycles. The molecular formula is C15H12F2N4O2. The summed E-state index contributed by atoms with van der Waals surface area (Å²) in [4.78, 5) is 16.1. The number of aryl methyl sites for hydroxylation is 1. The first-order valence-corrected chi connectivity index (χ1v) is 6.72. The van der Waals surface area contributed by atoms with Crippen molar-refractivity contribution in [3.8, 4) is 5.75 Å². The van der Waals surface area contributed by atoms with Crippen LogP contribution in [0.25, 0.3) is 5.65 Å². The lowest BCUT2D eigenvalue weighted by Crippen LogP contribution is -2.20. The van der Waals surface area contributed by atoms with E-state index in [0.717, 1.165) is 12.1 Å². The number of benzene rings is 1. The van der Waals surface area contributed by atoms with Crippen LogP contribution in [0.1, 0.15) is 5.82 Å². The second-order valence-corrected chi connectivity index (χ2v) is 4.76. The summed E-state index contributed by atoms with van der Waals surface area (Å²) in [6, 6.07) is 6.45. The molecule has 6 nitrogen and oxygen atoms in total. The van der Waals surface area contributed by atoms with Gasteiger partial charge in [-0.05, 0) is 31.2 Å². The predicted molar refractivity (Wildman–Crippen MR) is 78.2 cm³/mol. The first-order valence-electron chi connectivity index (χ1n) is 6.72. The van der Waals surface area contributed by atoms with Crippen LogP contribution in [0.15, 0.2) is 36.5 Å². The summed E-state index contributed by atoms with van der Waals surface area (Å²) in [6.07, 6.45) is 1.71. The van der Waals surface area contributed by atoms with Crippen molar-refractivity contribution in [3.63, 3.8) is 0 Å². The molecule has 0 unspecified atom stereocenters. The quantitative estimate of drug-likeness (QED) is 0.801. The van der Waals surface area contributed by atoms with E-state index < -0.39 is 17.5 Å². The third-order valence-corrected chi connectivity index (χ3v) is 3.00. The molecule has 0 saturated heterocycles. The molecule has 0 atom stereocenters. The third-order valence-electron chi connectivity index (χ3n) is 3.00. The summed E-state index contributed by atoms with van der Waals surface area (Å²) in [5.74, 6) is -1.83. The molecule has 8 heteroatoms. The number of nitrogens with one attached hydrogen (secondary N) is 1. The van der Waals surface area contributed by atoms with Gasteiger partial charge in [0.15, 0.2) is 23.9 Å². The van der Waals surface area contributed by atoms with Crippen molar-refractivity contribution >= 4 is 17.2 Å². The number of hydrogen-bond donors (Lipinski definition) is 1. The number of carbonyl (C=O) groups excluding carboxylic acids is 1. The van der Waals surface area contributed by atoms with E-state index in [-0.39, 0.29) is 12.4 Å². The summed E-state index contributed by atoms with van der Waals surface area (Å²) in [5, 5.41) is 6.78. The average Bonchev–Trinajstić information content (AvgIpc) is 2.90. The molecule has 2 aromatic heterocycles. The Balaban J connectivity index is 1.67. The first-order chi connectivity index (χ1) is 11.0. The number of pyridine rings is 1. The number of nitrogens with zero attached hydrogens (tertiary/aromatic N) is 3. The first kappa shape index (κ1) is 14.9. The average molecular weight is 318 g/mol. The largest absolute Gasteiger partial charge is 0.484 e. The van der Waals surface area contributed by atoms with Crippen LogP contribution in [0.4, 0.5) is 14.5 Å². The van der Waals surface area contributed by atoms with Crippen LogP contribution < -0.4 is 10.1 Å². The monoisotopic (exact) mass is 318 g/mol. The molecule has 23 heavy (non-hydrogen) atoms. The highest BCUT2D eigenvalue weighted by Gasteiger charge is 2.10. The zero-order valence-corrected chi connectivity index (χ0v) is 12.1. The van der Waals surface area contributed by atoms with E-state index in [9.17, 15) is 13.6 Å². The van der Waals surface area contributed by atoms with Gasteiger partial charge in [-0.25, -0.2) is 18.3 Å². The van der Waals surface area contributed by atoms with Crippen molar-refractivity contribution in [3.05, 3.63) is 54.0 Å². The minimum Gasteiger partial charge on any atom is -0.484 e. The summed E-state index contributed by atoms with van der Waals surface area (Å²) < 4.78 is 32.5. The van der Waals surface area contributed by atoms with E-state index in [1.807, 2.05) is 0 Å². The van der Waals surface area contributed by atoms with E-state index >= 15 is 0 Å². The lowest BCUT2D eigenvalue weighted by atomic mass is 10.3. The van der Waals surface area contributed by atoms with Crippen LogP contribution >= 0.6 is 0 Å². The van der Waals surface area contributed by atoms with Crippen LogP contribution in [0.3, 0.4) is 0 Å². The Kier molecular flexibility index (Phi) is 3.88. The number of anilines is 1. The second kappa shape index (κ2) is 5.99. The number of halogens is 2. The number of ether oxygens (including phenoxy) is 1. The van der Waals surface area contributed by atoms with E-state index in [0.29, 0.717) is 17.2 Å². The van der Waals surface area contributed by atoms with Crippen molar-refractivity contribution in [2.45, 2.75) is 6.92 Å². The lowest BCUT2D eigenvalue weighted by Gasteiger charge is -2.08. The zero-order chi connectivity index (χ0) is 16.4. The molecule has 1 amide bonds. The van der Waals surface area contributed by atoms with Crippen molar-refractivity contribution in [1.29, 1.82) is 0 Å². The van der Waals surface area contributed by atoms with Crippen molar-refractivity contribution in [2.24, 2.45) is 0 Å². The highest BCUT2D eigenvalue weighted by Crippen LogP contribution is 2.16. The highest BCUT2D eigenvalue weighted by molar-refractivity contribution is 5.95.